The molecule has 33 heavy (non-hydrogen) atoms. The highest BCUT2D eigenvalue weighted by molar-refractivity contribution is 6.38. The van der Waals surface area contributed by atoms with Gasteiger partial charge in [0.25, 0.3) is 0 Å². The summed E-state index contributed by atoms with van der Waals surface area (Å²) < 4.78 is 5.66. The molecular formula is C28H22ClN3O. The Bertz CT molecular complexity index is 1390. The maximum atomic E-state index is 9.07. The van der Waals surface area contributed by atoms with Crippen molar-refractivity contribution in [1.29, 1.82) is 5.26 Å². The van der Waals surface area contributed by atoms with E-state index in [0.717, 1.165) is 51.1 Å². The summed E-state index contributed by atoms with van der Waals surface area (Å²) in [4.78, 5) is 7.05. The van der Waals surface area contributed by atoms with E-state index in [1.54, 1.807) is 0 Å². The van der Waals surface area contributed by atoms with E-state index in [9.17, 15) is 0 Å². The molecule has 0 aliphatic carbocycles. The molecule has 0 bridgehead atoms. The molecule has 5 heteroatoms. The van der Waals surface area contributed by atoms with Gasteiger partial charge in [-0.3, -0.25) is 4.98 Å². The van der Waals surface area contributed by atoms with Gasteiger partial charge in [0, 0.05) is 28.4 Å². The number of nitrogens with zero attached hydrogens (tertiary/aromatic N) is 3. The molecule has 0 radical (unpaired) electrons. The second kappa shape index (κ2) is 8.61. The zero-order chi connectivity index (χ0) is 22.9. The van der Waals surface area contributed by atoms with Gasteiger partial charge in [0.1, 0.15) is 11.9 Å². The Balaban J connectivity index is 1.50. The molecule has 0 amide bonds. The van der Waals surface area contributed by atoms with E-state index >= 15 is 0 Å². The molecule has 3 aromatic carbocycles. The Hall–Kier alpha value is -3.81. The predicted molar refractivity (Wildman–Crippen MR) is 134 cm³/mol. The number of halogens is 1. The lowest BCUT2D eigenvalue weighted by molar-refractivity contribution is 0.114. The SMILES string of the molecule is C=C1CN(c2ccc(-c3cnc4c(-c5ccc(C#N)cc5)cccc4c3Cl)cc2)C[C@H](C)O1. The summed E-state index contributed by atoms with van der Waals surface area (Å²) in [6.45, 7) is 7.56. The molecule has 1 atom stereocenters. The van der Waals surface area contributed by atoms with E-state index < -0.39 is 0 Å². The van der Waals surface area contributed by atoms with E-state index in [0.29, 0.717) is 17.1 Å². The summed E-state index contributed by atoms with van der Waals surface area (Å²) in [5, 5.41) is 10.6. The van der Waals surface area contributed by atoms with Crippen molar-refractivity contribution in [2.24, 2.45) is 0 Å². The molecule has 0 unspecified atom stereocenters. The second-order valence-corrected chi connectivity index (χ2v) is 8.65. The number of fused-ring (bicyclic) bond motifs is 1. The first-order valence-corrected chi connectivity index (χ1v) is 11.2. The zero-order valence-corrected chi connectivity index (χ0v) is 19.0. The van der Waals surface area contributed by atoms with Crippen LogP contribution in [0, 0.1) is 11.3 Å². The number of aromatic nitrogens is 1. The Kier molecular flexibility index (Phi) is 5.50. The van der Waals surface area contributed by atoms with Crippen LogP contribution in [0.2, 0.25) is 5.02 Å². The number of anilines is 1. The van der Waals surface area contributed by atoms with Crippen LogP contribution < -0.4 is 4.90 Å². The molecule has 2 heterocycles. The zero-order valence-electron chi connectivity index (χ0n) is 18.3. The maximum Gasteiger partial charge on any atom is 0.113 e. The Morgan fingerprint density at radius 2 is 1.73 bits per heavy atom. The minimum absolute atomic E-state index is 0.121. The number of hydrogen-bond donors (Lipinski definition) is 0. The molecule has 0 spiro atoms. The highest BCUT2D eigenvalue weighted by atomic mass is 35.5. The van der Waals surface area contributed by atoms with Crippen LogP contribution in [0.3, 0.4) is 0 Å². The predicted octanol–water partition coefficient (Wildman–Crippen LogP) is 6.83. The molecule has 1 saturated heterocycles. The number of benzene rings is 3. The smallest absolute Gasteiger partial charge is 0.113 e. The van der Waals surface area contributed by atoms with Gasteiger partial charge in [0.2, 0.25) is 0 Å². The summed E-state index contributed by atoms with van der Waals surface area (Å²) in [6.07, 6.45) is 1.96. The first-order chi connectivity index (χ1) is 16.0. The van der Waals surface area contributed by atoms with Gasteiger partial charge in [-0.05, 0) is 42.3 Å². The van der Waals surface area contributed by atoms with Gasteiger partial charge in [-0.1, -0.05) is 60.6 Å². The van der Waals surface area contributed by atoms with Crippen molar-refractivity contribution < 1.29 is 4.74 Å². The summed E-state index contributed by atoms with van der Waals surface area (Å²) in [5.41, 5.74) is 6.50. The standard InChI is InChI=1S/C28H22ClN3O/c1-18-16-32(17-19(2)33-18)23-12-10-22(11-13-23)26-15-31-28-24(4-3-5-25(28)27(26)29)21-8-6-20(14-30)7-9-21/h3-13,15,19H,1,16-17H2,2H3/t19-/m0/s1. The fourth-order valence-corrected chi connectivity index (χ4v) is 4.65. The van der Waals surface area contributed by atoms with Crippen LogP contribution in [0.25, 0.3) is 33.2 Å². The fourth-order valence-electron chi connectivity index (χ4n) is 4.34. The lowest BCUT2D eigenvalue weighted by Crippen LogP contribution is -2.39. The lowest BCUT2D eigenvalue weighted by Gasteiger charge is -2.34. The van der Waals surface area contributed by atoms with E-state index in [1.165, 1.54) is 0 Å². The average Bonchev–Trinajstić information content (AvgIpc) is 2.84. The van der Waals surface area contributed by atoms with Crippen LogP contribution in [-0.2, 0) is 4.74 Å². The van der Waals surface area contributed by atoms with Crippen molar-refractivity contribution >= 4 is 28.2 Å². The third-order valence-electron chi connectivity index (χ3n) is 5.91. The van der Waals surface area contributed by atoms with Crippen LogP contribution in [0.4, 0.5) is 5.69 Å². The highest BCUT2D eigenvalue weighted by Gasteiger charge is 2.20. The summed E-state index contributed by atoms with van der Waals surface area (Å²) in [7, 11) is 0. The third kappa shape index (κ3) is 4.04. The quantitative estimate of drug-likeness (QED) is 0.342. The second-order valence-electron chi connectivity index (χ2n) is 8.27. The molecule has 1 aromatic heterocycles. The van der Waals surface area contributed by atoms with Crippen LogP contribution in [0.5, 0.6) is 0 Å². The topological polar surface area (TPSA) is 49.2 Å². The molecular weight excluding hydrogens is 430 g/mol. The molecule has 1 aliphatic heterocycles. The molecule has 4 nitrogen and oxygen atoms in total. The van der Waals surface area contributed by atoms with Crippen LogP contribution >= 0.6 is 11.6 Å². The number of para-hydroxylation sites is 1. The summed E-state index contributed by atoms with van der Waals surface area (Å²) in [6, 6.07) is 24.1. The van der Waals surface area contributed by atoms with Gasteiger partial charge in [-0.25, -0.2) is 0 Å². The van der Waals surface area contributed by atoms with Crippen molar-refractivity contribution in [3.05, 3.63) is 95.9 Å². The largest absolute Gasteiger partial charge is 0.492 e. The molecule has 5 rings (SSSR count). The fraction of sp³-hybridized carbons (Fsp3) is 0.143. The van der Waals surface area contributed by atoms with E-state index in [1.807, 2.05) is 48.7 Å². The van der Waals surface area contributed by atoms with Crippen LogP contribution in [0.15, 0.2) is 85.3 Å². The van der Waals surface area contributed by atoms with E-state index in [-0.39, 0.29) is 6.10 Å². The first-order valence-electron chi connectivity index (χ1n) is 10.8. The number of morpholine rings is 1. The van der Waals surface area contributed by atoms with Gasteiger partial charge < -0.3 is 9.64 Å². The van der Waals surface area contributed by atoms with Crippen LogP contribution in [-0.4, -0.2) is 24.2 Å². The minimum Gasteiger partial charge on any atom is -0.492 e. The monoisotopic (exact) mass is 451 g/mol. The van der Waals surface area contributed by atoms with Gasteiger partial charge in [0.05, 0.1) is 35.3 Å². The molecule has 4 aromatic rings. The summed E-state index contributed by atoms with van der Waals surface area (Å²) in [5.74, 6) is 0.790. The molecule has 0 N–H and O–H groups in total. The first kappa shape index (κ1) is 21.1. The van der Waals surface area contributed by atoms with Gasteiger partial charge >= 0.3 is 0 Å². The average molecular weight is 452 g/mol. The number of pyridine rings is 1. The molecule has 0 saturated carbocycles. The van der Waals surface area contributed by atoms with Crippen LogP contribution in [0.1, 0.15) is 12.5 Å². The van der Waals surface area contributed by atoms with Crippen molar-refractivity contribution in [3.8, 4) is 28.3 Å². The maximum absolute atomic E-state index is 9.07. The number of nitriles is 1. The van der Waals surface area contributed by atoms with Crippen molar-refractivity contribution in [2.75, 3.05) is 18.0 Å². The lowest BCUT2D eigenvalue weighted by atomic mass is 9.98. The normalized spacial score (nSPS) is 15.8. The number of hydrogen-bond acceptors (Lipinski definition) is 4. The Morgan fingerprint density at radius 3 is 2.42 bits per heavy atom. The molecule has 162 valence electrons. The van der Waals surface area contributed by atoms with Gasteiger partial charge in [-0.2, -0.15) is 5.26 Å². The summed E-state index contributed by atoms with van der Waals surface area (Å²) >= 11 is 6.89. The van der Waals surface area contributed by atoms with Gasteiger partial charge in [-0.15, -0.1) is 0 Å². The third-order valence-corrected chi connectivity index (χ3v) is 6.32. The molecule has 1 fully saturated rings. The van der Waals surface area contributed by atoms with E-state index in [4.69, 9.17) is 26.6 Å². The van der Waals surface area contributed by atoms with Crippen molar-refractivity contribution in [2.45, 2.75) is 13.0 Å². The number of ether oxygens (including phenoxy) is 1. The minimum atomic E-state index is 0.121. The Morgan fingerprint density at radius 1 is 1.03 bits per heavy atom. The highest BCUT2D eigenvalue weighted by Crippen LogP contribution is 2.37. The number of rotatable bonds is 3. The molecule has 1 aliphatic rings. The van der Waals surface area contributed by atoms with Crippen molar-refractivity contribution in [3.63, 3.8) is 0 Å². The van der Waals surface area contributed by atoms with Gasteiger partial charge in [0.15, 0.2) is 0 Å². The van der Waals surface area contributed by atoms with E-state index in [2.05, 4.69) is 48.7 Å². The van der Waals surface area contributed by atoms with Crippen molar-refractivity contribution in [1.82, 2.24) is 4.98 Å². The Labute approximate surface area is 198 Å².